The quantitative estimate of drug-likeness (QED) is 0.538. The van der Waals surface area contributed by atoms with Crippen LogP contribution in [0.25, 0.3) is 0 Å². The Morgan fingerprint density at radius 2 is 1.68 bits per heavy atom. The minimum Gasteiger partial charge on any atom is -0.497 e. The summed E-state index contributed by atoms with van der Waals surface area (Å²) in [6.45, 7) is 4.00. The molecule has 0 aliphatic rings. The molecule has 1 rings (SSSR count). The highest BCUT2D eigenvalue weighted by Crippen LogP contribution is 2.17. The van der Waals surface area contributed by atoms with Crippen molar-refractivity contribution in [3.8, 4) is 5.75 Å². The lowest BCUT2D eigenvalue weighted by molar-refractivity contribution is -0.161. The van der Waals surface area contributed by atoms with Crippen molar-refractivity contribution in [1.82, 2.24) is 0 Å². The molecule has 4 nitrogen and oxygen atoms in total. The number of alkyl halides is 1. The van der Waals surface area contributed by atoms with E-state index in [4.69, 9.17) is 14.2 Å². The molecular formula is C14H19FO4. The zero-order valence-electron chi connectivity index (χ0n) is 11.4. The number of hydrogen-bond donors (Lipinski definition) is 0. The topological polar surface area (TPSA) is 44.8 Å². The van der Waals surface area contributed by atoms with E-state index in [0.717, 1.165) is 0 Å². The van der Waals surface area contributed by atoms with Crippen LogP contribution in [0, 0.1) is 0 Å². The largest absolute Gasteiger partial charge is 0.497 e. The van der Waals surface area contributed by atoms with Crippen LogP contribution in [0.1, 0.15) is 24.2 Å². The van der Waals surface area contributed by atoms with Gasteiger partial charge in [-0.15, -0.1) is 0 Å². The molecule has 1 aromatic rings. The number of Topliss-reactive ketones (excluding diaryl/α,β-unsaturated/α-hetero) is 1. The van der Waals surface area contributed by atoms with E-state index < -0.39 is 18.2 Å². The van der Waals surface area contributed by atoms with Crippen LogP contribution in [-0.2, 0) is 9.47 Å². The summed E-state index contributed by atoms with van der Waals surface area (Å²) in [5.74, 6) is -0.0484. The lowest BCUT2D eigenvalue weighted by atomic mass is 10.1. The highest BCUT2D eigenvalue weighted by atomic mass is 19.1. The van der Waals surface area contributed by atoms with E-state index in [1.54, 1.807) is 26.0 Å². The van der Waals surface area contributed by atoms with Gasteiger partial charge in [-0.05, 0) is 38.1 Å². The predicted molar refractivity (Wildman–Crippen MR) is 69.3 cm³/mol. The fourth-order valence-corrected chi connectivity index (χ4v) is 1.58. The first kappa shape index (κ1) is 15.6. The normalized spacial score (nSPS) is 12.5. The van der Waals surface area contributed by atoms with Gasteiger partial charge in [0.1, 0.15) is 5.75 Å². The second-order valence-electron chi connectivity index (χ2n) is 3.77. The minimum absolute atomic E-state index is 0.262. The number of methoxy groups -OCH3 is 1. The summed E-state index contributed by atoms with van der Waals surface area (Å²) in [4.78, 5) is 12.0. The van der Waals surface area contributed by atoms with Gasteiger partial charge in [-0.1, -0.05) is 0 Å². The third-order valence-corrected chi connectivity index (χ3v) is 2.53. The molecule has 0 spiro atoms. The Morgan fingerprint density at radius 1 is 1.16 bits per heavy atom. The van der Waals surface area contributed by atoms with Crippen molar-refractivity contribution in [2.75, 3.05) is 20.3 Å². The fraction of sp³-hybridized carbons (Fsp3) is 0.500. The summed E-state index contributed by atoms with van der Waals surface area (Å²) in [6.07, 6.45) is -3.00. The average Bonchev–Trinajstić information content (AvgIpc) is 2.45. The number of benzene rings is 1. The van der Waals surface area contributed by atoms with Gasteiger partial charge in [-0.2, -0.15) is 0 Å². The molecule has 5 heteroatoms. The number of carbonyl (C=O) groups is 1. The molecule has 0 N–H and O–H groups in total. The molecule has 0 radical (unpaired) electrons. The van der Waals surface area contributed by atoms with E-state index in [1.165, 1.54) is 19.2 Å². The van der Waals surface area contributed by atoms with Crippen molar-refractivity contribution >= 4 is 5.78 Å². The van der Waals surface area contributed by atoms with Crippen LogP contribution >= 0.6 is 0 Å². The van der Waals surface area contributed by atoms with Gasteiger partial charge in [0, 0.05) is 18.8 Å². The van der Waals surface area contributed by atoms with E-state index in [1.807, 2.05) is 0 Å². The lowest BCUT2D eigenvalue weighted by Gasteiger charge is -2.20. The van der Waals surface area contributed by atoms with Gasteiger partial charge in [0.05, 0.1) is 7.11 Å². The van der Waals surface area contributed by atoms with Gasteiger partial charge < -0.3 is 14.2 Å². The van der Waals surface area contributed by atoms with Crippen LogP contribution in [0.2, 0.25) is 0 Å². The molecule has 0 heterocycles. The Kier molecular flexibility index (Phi) is 6.45. The molecule has 1 aromatic carbocycles. The molecule has 0 bridgehead atoms. The monoisotopic (exact) mass is 270 g/mol. The fourth-order valence-electron chi connectivity index (χ4n) is 1.58. The third kappa shape index (κ3) is 4.29. The first-order valence-electron chi connectivity index (χ1n) is 6.19. The molecule has 1 unspecified atom stereocenters. The van der Waals surface area contributed by atoms with Gasteiger partial charge in [0.25, 0.3) is 0 Å². The molecule has 0 aliphatic carbocycles. The van der Waals surface area contributed by atoms with E-state index in [0.29, 0.717) is 5.75 Å². The first-order chi connectivity index (χ1) is 9.13. The molecule has 0 aliphatic heterocycles. The molecule has 1 atom stereocenters. The van der Waals surface area contributed by atoms with E-state index in [-0.39, 0.29) is 18.8 Å². The zero-order chi connectivity index (χ0) is 14.3. The van der Waals surface area contributed by atoms with Gasteiger partial charge in [-0.25, -0.2) is 4.39 Å². The standard InChI is InChI=1S/C14H19FO4/c1-4-18-14(19-5-2)12(15)13(16)10-6-8-11(17-3)9-7-10/h6-9,12,14H,4-5H2,1-3H3. The lowest BCUT2D eigenvalue weighted by Crippen LogP contribution is -2.35. The number of hydrogen-bond acceptors (Lipinski definition) is 4. The molecule has 0 fully saturated rings. The van der Waals surface area contributed by atoms with Crippen LogP contribution in [-0.4, -0.2) is 38.6 Å². The molecular weight excluding hydrogens is 251 g/mol. The van der Waals surface area contributed by atoms with E-state index in [9.17, 15) is 9.18 Å². The van der Waals surface area contributed by atoms with Crippen molar-refractivity contribution < 1.29 is 23.4 Å². The maximum atomic E-state index is 14.1. The van der Waals surface area contributed by atoms with Crippen LogP contribution in [0.5, 0.6) is 5.75 Å². The summed E-state index contributed by atoms with van der Waals surface area (Å²) >= 11 is 0. The van der Waals surface area contributed by atoms with Crippen LogP contribution in [0.15, 0.2) is 24.3 Å². The summed E-state index contributed by atoms with van der Waals surface area (Å²) in [5.41, 5.74) is 0.262. The maximum Gasteiger partial charge on any atom is 0.213 e. The maximum absolute atomic E-state index is 14.1. The van der Waals surface area contributed by atoms with Crippen LogP contribution < -0.4 is 4.74 Å². The highest BCUT2D eigenvalue weighted by molar-refractivity contribution is 5.99. The smallest absolute Gasteiger partial charge is 0.213 e. The summed E-state index contributed by atoms with van der Waals surface area (Å²) in [5, 5.41) is 0. The van der Waals surface area contributed by atoms with Crippen molar-refractivity contribution in [2.45, 2.75) is 26.3 Å². The second-order valence-corrected chi connectivity index (χ2v) is 3.77. The average molecular weight is 270 g/mol. The van der Waals surface area contributed by atoms with Crippen molar-refractivity contribution in [2.24, 2.45) is 0 Å². The summed E-state index contributed by atoms with van der Waals surface area (Å²) < 4.78 is 29.2. The molecule has 106 valence electrons. The van der Waals surface area contributed by atoms with E-state index >= 15 is 0 Å². The summed E-state index contributed by atoms with van der Waals surface area (Å²) in [6, 6.07) is 6.25. The van der Waals surface area contributed by atoms with Crippen molar-refractivity contribution in [1.29, 1.82) is 0 Å². The zero-order valence-corrected chi connectivity index (χ0v) is 11.4. The molecule has 0 aromatic heterocycles. The number of ketones is 1. The molecule has 0 saturated heterocycles. The first-order valence-corrected chi connectivity index (χ1v) is 6.19. The minimum atomic E-state index is -1.84. The van der Waals surface area contributed by atoms with Gasteiger partial charge in [0.2, 0.25) is 12.0 Å². The Morgan fingerprint density at radius 3 is 2.11 bits per heavy atom. The molecule has 0 amide bonds. The Balaban J connectivity index is 2.78. The Hall–Kier alpha value is -1.46. The van der Waals surface area contributed by atoms with Crippen LogP contribution in [0.3, 0.4) is 0 Å². The van der Waals surface area contributed by atoms with Gasteiger partial charge >= 0.3 is 0 Å². The number of carbonyl (C=O) groups excluding carboxylic acids is 1. The second kappa shape index (κ2) is 7.86. The van der Waals surface area contributed by atoms with E-state index in [2.05, 4.69) is 0 Å². The predicted octanol–water partition coefficient (Wildman–Crippen LogP) is 2.62. The van der Waals surface area contributed by atoms with Gasteiger partial charge in [-0.3, -0.25) is 4.79 Å². The highest BCUT2D eigenvalue weighted by Gasteiger charge is 2.30. The molecule has 0 saturated carbocycles. The van der Waals surface area contributed by atoms with Crippen LogP contribution in [0.4, 0.5) is 4.39 Å². The summed E-state index contributed by atoms with van der Waals surface area (Å²) in [7, 11) is 1.52. The number of rotatable bonds is 8. The third-order valence-electron chi connectivity index (χ3n) is 2.53. The number of halogens is 1. The molecule has 19 heavy (non-hydrogen) atoms. The number of ether oxygens (including phenoxy) is 3. The van der Waals surface area contributed by atoms with Gasteiger partial charge in [0.15, 0.2) is 6.29 Å². The van der Waals surface area contributed by atoms with Crippen molar-refractivity contribution in [3.05, 3.63) is 29.8 Å². The Labute approximate surface area is 112 Å². The SMILES string of the molecule is CCOC(OCC)C(F)C(=O)c1ccc(OC)cc1. The Bertz CT molecular complexity index is 385. The van der Waals surface area contributed by atoms with Crippen molar-refractivity contribution in [3.63, 3.8) is 0 Å².